The van der Waals surface area contributed by atoms with Crippen LogP contribution in [0.5, 0.6) is 0 Å². The second-order valence-corrected chi connectivity index (χ2v) is 6.20. The maximum atomic E-state index is 14.8. The Bertz CT molecular complexity index is 977. The van der Waals surface area contributed by atoms with Crippen LogP contribution in [0.15, 0.2) is 42.5 Å². The highest BCUT2D eigenvalue weighted by Gasteiger charge is 2.18. The van der Waals surface area contributed by atoms with Gasteiger partial charge in [0.2, 0.25) is 5.95 Å². The van der Waals surface area contributed by atoms with Gasteiger partial charge in [-0.25, -0.2) is 4.68 Å². The number of benzene rings is 2. The minimum absolute atomic E-state index is 0.190. The minimum Gasteiger partial charge on any atom is -0.366 e. The average molecular weight is 339 g/mol. The molecule has 0 aliphatic carbocycles. The number of fused-ring (bicyclic) bond motifs is 1. The summed E-state index contributed by atoms with van der Waals surface area (Å²) in [6.45, 7) is 1.54. The van der Waals surface area contributed by atoms with Crippen LogP contribution in [0, 0.1) is 5.95 Å². The molecule has 0 bridgehead atoms. The lowest BCUT2D eigenvalue weighted by Gasteiger charge is -2.23. The fourth-order valence-electron chi connectivity index (χ4n) is 3.28. The first kappa shape index (κ1) is 14.6. The van der Waals surface area contributed by atoms with Gasteiger partial charge in [0.1, 0.15) is 5.52 Å². The maximum Gasteiger partial charge on any atom is 0.250 e. The van der Waals surface area contributed by atoms with E-state index in [0.717, 1.165) is 29.6 Å². The molecule has 1 aliphatic heterocycles. The first-order valence-corrected chi connectivity index (χ1v) is 8.28. The minimum atomic E-state index is -0.663. The summed E-state index contributed by atoms with van der Waals surface area (Å²) in [5, 5.41) is 7.75. The predicted octanol–water partition coefficient (Wildman–Crippen LogP) is 2.73. The summed E-state index contributed by atoms with van der Waals surface area (Å²) >= 11 is 0. The summed E-state index contributed by atoms with van der Waals surface area (Å²) in [7, 11) is 0. The van der Waals surface area contributed by atoms with Gasteiger partial charge in [0.25, 0.3) is 5.91 Å². The predicted molar refractivity (Wildman–Crippen MR) is 94.4 cm³/mol. The first-order valence-electron chi connectivity index (χ1n) is 8.78. The lowest BCUT2D eigenvalue weighted by Crippen LogP contribution is -2.28. The Labute approximate surface area is 146 Å². The zero-order valence-electron chi connectivity index (χ0n) is 14.6. The van der Waals surface area contributed by atoms with Crippen molar-refractivity contribution in [1.29, 1.82) is 0 Å². The molecule has 0 radical (unpaired) electrons. The highest BCUT2D eigenvalue weighted by molar-refractivity contribution is 6.04. The molecule has 0 unspecified atom stereocenters. The normalized spacial score (nSPS) is 21.2. The van der Waals surface area contributed by atoms with Gasteiger partial charge >= 0.3 is 0 Å². The number of carbonyl (C=O) groups excluding carboxylic acids is 1. The van der Waals surface area contributed by atoms with Crippen molar-refractivity contribution in [3.63, 3.8) is 0 Å². The van der Waals surface area contributed by atoms with E-state index in [2.05, 4.69) is 10.4 Å². The largest absolute Gasteiger partial charge is 0.366 e. The fraction of sp³-hybridized carbons (Fsp3) is 0.263. The number of rotatable bonds is 3. The molecular formula is C19H19FN4O. The Balaban J connectivity index is 1.75. The van der Waals surface area contributed by atoms with Crippen molar-refractivity contribution in [3.8, 4) is 5.69 Å². The summed E-state index contributed by atoms with van der Waals surface area (Å²) < 4.78 is 24.6. The van der Waals surface area contributed by atoms with Gasteiger partial charge in [0.05, 0.1) is 16.6 Å². The Kier molecular flexibility index (Phi) is 3.67. The number of halogens is 1. The van der Waals surface area contributed by atoms with E-state index in [4.69, 9.17) is 7.10 Å². The standard InChI is InChI=1S/C19H19FN4O/c20-18-15-4-1-5-16(19(21)25)17(15)23-24(18)14-8-6-12(7-9-14)13-3-2-10-22-11-13/h1,4-9,13,22H,2-3,10-11H2,(H2,21,25)/t13-/m0/s1/i13D. The molecule has 3 aromatic rings. The first-order chi connectivity index (χ1) is 12.5. The number of amides is 1. The molecule has 1 atom stereocenters. The average Bonchev–Trinajstić information content (AvgIpc) is 2.99. The molecule has 2 heterocycles. The van der Waals surface area contributed by atoms with Crippen LogP contribution < -0.4 is 11.1 Å². The van der Waals surface area contributed by atoms with E-state index in [1.807, 2.05) is 12.1 Å². The number of aromatic nitrogens is 2. The number of carbonyl (C=O) groups is 1. The summed E-state index contributed by atoms with van der Waals surface area (Å²) in [6.07, 6.45) is 1.75. The summed E-state index contributed by atoms with van der Waals surface area (Å²) in [5.41, 5.74) is 7.22. The lowest BCUT2D eigenvalue weighted by molar-refractivity contribution is 0.100. The van der Waals surface area contributed by atoms with Crippen molar-refractivity contribution in [2.24, 2.45) is 5.73 Å². The molecule has 6 heteroatoms. The zero-order chi connectivity index (χ0) is 18.3. The summed E-state index contributed by atoms with van der Waals surface area (Å²) in [6, 6.07) is 11.9. The molecule has 0 spiro atoms. The van der Waals surface area contributed by atoms with Crippen molar-refractivity contribution >= 4 is 16.8 Å². The van der Waals surface area contributed by atoms with Gasteiger partial charge in [-0.2, -0.15) is 9.49 Å². The molecule has 128 valence electrons. The van der Waals surface area contributed by atoms with Gasteiger partial charge in [-0.05, 0) is 55.1 Å². The van der Waals surface area contributed by atoms with Gasteiger partial charge in [-0.1, -0.05) is 18.2 Å². The second kappa shape index (κ2) is 6.29. The third-order valence-corrected chi connectivity index (χ3v) is 4.60. The zero-order valence-corrected chi connectivity index (χ0v) is 13.6. The van der Waals surface area contributed by atoms with Gasteiger partial charge in [0.15, 0.2) is 0 Å². The maximum absolute atomic E-state index is 14.8. The smallest absolute Gasteiger partial charge is 0.250 e. The number of piperidine rings is 1. The van der Waals surface area contributed by atoms with Crippen LogP contribution in [0.1, 0.15) is 36.0 Å². The van der Waals surface area contributed by atoms with Crippen molar-refractivity contribution in [1.82, 2.24) is 15.1 Å². The van der Waals surface area contributed by atoms with Crippen LogP contribution in [-0.4, -0.2) is 28.8 Å². The Hall–Kier alpha value is -2.73. The number of nitrogens with zero attached hydrogens (tertiary/aromatic N) is 2. The number of hydrogen-bond donors (Lipinski definition) is 2. The van der Waals surface area contributed by atoms with Crippen molar-refractivity contribution in [2.45, 2.75) is 18.7 Å². The quantitative estimate of drug-likeness (QED) is 0.771. The molecule has 2 aromatic carbocycles. The topological polar surface area (TPSA) is 72.9 Å². The lowest BCUT2D eigenvalue weighted by atomic mass is 9.92. The number of hydrogen-bond acceptors (Lipinski definition) is 3. The van der Waals surface area contributed by atoms with E-state index in [1.54, 1.807) is 24.3 Å². The van der Waals surface area contributed by atoms with Crippen LogP contribution in [0.4, 0.5) is 4.39 Å². The van der Waals surface area contributed by atoms with Crippen LogP contribution in [0.3, 0.4) is 0 Å². The van der Waals surface area contributed by atoms with E-state index in [0.29, 0.717) is 12.2 Å². The molecular weight excluding hydrogens is 319 g/mol. The SMILES string of the molecule is [2H][C@]1(c2ccc(-n3nc4c(C(N)=O)cccc4c3F)cc2)CCCNC1. The van der Waals surface area contributed by atoms with E-state index in [-0.39, 0.29) is 16.5 Å². The van der Waals surface area contributed by atoms with Crippen LogP contribution in [0.25, 0.3) is 16.6 Å². The van der Waals surface area contributed by atoms with E-state index in [1.165, 1.54) is 6.07 Å². The van der Waals surface area contributed by atoms with Gasteiger partial charge in [0, 0.05) is 7.92 Å². The number of nitrogens with two attached hydrogens (primary N) is 1. The number of nitrogens with one attached hydrogen (secondary N) is 1. The van der Waals surface area contributed by atoms with Crippen molar-refractivity contribution < 1.29 is 10.6 Å². The van der Waals surface area contributed by atoms with E-state index >= 15 is 0 Å². The Morgan fingerprint density at radius 3 is 2.80 bits per heavy atom. The van der Waals surface area contributed by atoms with Crippen molar-refractivity contribution in [2.75, 3.05) is 13.1 Å². The van der Waals surface area contributed by atoms with Gasteiger partial charge < -0.3 is 11.1 Å². The third kappa shape index (κ3) is 2.78. The summed E-state index contributed by atoms with van der Waals surface area (Å²) in [5.74, 6) is -1.85. The molecule has 1 amide bonds. The Morgan fingerprint density at radius 1 is 1.32 bits per heavy atom. The molecule has 0 saturated carbocycles. The number of primary amides is 1. The molecule has 1 fully saturated rings. The van der Waals surface area contributed by atoms with Crippen LogP contribution in [-0.2, 0) is 0 Å². The van der Waals surface area contributed by atoms with Crippen LogP contribution >= 0.6 is 0 Å². The summed E-state index contributed by atoms with van der Waals surface area (Å²) in [4.78, 5) is 11.6. The molecule has 5 nitrogen and oxygen atoms in total. The molecule has 1 aliphatic rings. The monoisotopic (exact) mass is 339 g/mol. The molecule has 4 rings (SSSR count). The highest BCUT2D eigenvalue weighted by Crippen LogP contribution is 2.26. The van der Waals surface area contributed by atoms with Crippen LogP contribution in [0.2, 0.25) is 0 Å². The second-order valence-electron chi connectivity index (χ2n) is 6.20. The molecule has 1 saturated heterocycles. The molecule has 1 aromatic heterocycles. The third-order valence-electron chi connectivity index (χ3n) is 4.60. The van der Waals surface area contributed by atoms with Gasteiger partial charge in [-0.15, -0.1) is 0 Å². The Morgan fingerprint density at radius 2 is 2.12 bits per heavy atom. The van der Waals surface area contributed by atoms with Gasteiger partial charge in [-0.3, -0.25) is 4.79 Å². The molecule has 25 heavy (non-hydrogen) atoms. The van der Waals surface area contributed by atoms with E-state index in [9.17, 15) is 9.18 Å². The van der Waals surface area contributed by atoms with Crippen molar-refractivity contribution in [3.05, 3.63) is 59.5 Å². The fourth-order valence-corrected chi connectivity index (χ4v) is 3.28. The molecule has 3 N–H and O–H groups in total. The van der Waals surface area contributed by atoms with E-state index < -0.39 is 17.7 Å². The highest BCUT2D eigenvalue weighted by atomic mass is 19.1.